The molecule has 3 heterocycles. The van der Waals surface area contributed by atoms with Gasteiger partial charge in [-0.05, 0) is 112 Å². The van der Waals surface area contributed by atoms with Crippen LogP contribution in [0.15, 0.2) is 211 Å². The Balaban J connectivity index is 1.15. The topological polar surface area (TPSA) is 23.0 Å². The van der Waals surface area contributed by atoms with Crippen LogP contribution >= 0.6 is 0 Å². The summed E-state index contributed by atoms with van der Waals surface area (Å²) in [7, 11) is 0. The van der Waals surface area contributed by atoms with E-state index in [1.165, 1.54) is 66.0 Å². The van der Waals surface area contributed by atoms with Crippen LogP contribution in [0.5, 0.6) is 0 Å². The van der Waals surface area contributed by atoms with E-state index < -0.39 is 0 Å². The molecule has 57 heavy (non-hydrogen) atoms. The van der Waals surface area contributed by atoms with Crippen molar-refractivity contribution in [1.29, 1.82) is 0 Å². The SMILES string of the molecule is c1ccc(-c2cc(-c3ccccc3)c3c4cc(-c5ccc6c(c5)c5ccccc5n6-c5ccccc5)ccc4n(-c4ccc5oc6ccccc6c5c4)c3c2)cc1. The summed E-state index contributed by atoms with van der Waals surface area (Å²) in [5.74, 6) is 0. The molecule has 0 fully saturated rings. The van der Waals surface area contributed by atoms with E-state index in [9.17, 15) is 0 Å². The van der Waals surface area contributed by atoms with Gasteiger partial charge in [0, 0.05) is 43.7 Å². The van der Waals surface area contributed by atoms with E-state index >= 15 is 0 Å². The average molecular weight is 727 g/mol. The zero-order valence-electron chi connectivity index (χ0n) is 30.9. The Bertz CT molecular complexity index is 3500. The Labute approximate surface area is 328 Å². The molecule has 0 saturated carbocycles. The first kappa shape index (κ1) is 31.7. The third kappa shape index (κ3) is 4.92. The number of para-hydroxylation sites is 3. The number of hydrogen-bond donors (Lipinski definition) is 0. The smallest absolute Gasteiger partial charge is 0.135 e. The minimum absolute atomic E-state index is 0.891. The van der Waals surface area contributed by atoms with Crippen LogP contribution in [-0.4, -0.2) is 9.13 Å². The van der Waals surface area contributed by atoms with E-state index in [-0.39, 0.29) is 0 Å². The molecular weight excluding hydrogens is 693 g/mol. The summed E-state index contributed by atoms with van der Waals surface area (Å²) < 4.78 is 11.1. The minimum atomic E-state index is 0.891. The van der Waals surface area contributed by atoms with E-state index in [0.717, 1.165) is 44.3 Å². The van der Waals surface area contributed by atoms with Gasteiger partial charge in [0.15, 0.2) is 0 Å². The quantitative estimate of drug-likeness (QED) is 0.173. The molecule has 9 aromatic carbocycles. The molecule has 0 atom stereocenters. The summed E-state index contributed by atoms with van der Waals surface area (Å²) in [4.78, 5) is 0. The first-order valence-corrected chi connectivity index (χ1v) is 19.5. The molecule has 12 aromatic rings. The third-order valence-electron chi connectivity index (χ3n) is 11.7. The molecule has 0 aliphatic heterocycles. The Morgan fingerprint density at radius 1 is 0.281 bits per heavy atom. The summed E-state index contributed by atoms with van der Waals surface area (Å²) in [5.41, 5.74) is 15.9. The molecule has 0 aliphatic rings. The van der Waals surface area contributed by atoms with Crippen molar-refractivity contribution < 1.29 is 4.42 Å². The van der Waals surface area contributed by atoms with Crippen molar-refractivity contribution in [2.45, 2.75) is 0 Å². The van der Waals surface area contributed by atoms with Gasteiger partial charge in [-0.2, -0.15) is 0 Å². The normalized spacial score (nSPS) is 11.9. The van der Waals surface area contributed by atoms with Crippen molar-refractivity contribution in [2.24, 2.45) is 0 Å². The van der Waals surface area contributed by atoms with Crippen molar-refractivity contribution >= 4 is 65.6 Å². The molecule has 0 bridgehead atoms. The second kappa shape index (κ2) is 12.5. The summed E-state index contributed by atoms with van der Waals surface area (Å²) in [6, 6.07) is 74.6. The maximum atomic E-state index is 6.29. The molecule has 0 saturated heterocycles. The Hall–Kier alpha value is -7.62. The molecule has 0 amide bonds. The molecule has 12 rings (SSSR count). The van der Waals surface area contributed by atoms with Crippen LogP contribution < -0.4 is 0 Å². The first-order chi connectivity index (χ1) is 28.3. The van der Waals surface area contributed by atoms with Gasteiger partial charge >= 0.3 is 0 Å². The van der Waals surface area contributed by atoms with Gasteiger partial charge in [0.2, 0.25) is 0 Å². The zero-order chi connectivity index (χ0) is 37.5. The van der Waals surface area contributed by atoms with E-state index in [1.807, 2.05) is 12.1 Å². The number of nitrogens with zero attached hydrogens (tertiary/aromatic N) is 2. The number of hydrogen-bond acceptors (Lipinski definition) is 1. The van der Waals surface area contributed by atoms with E-state index in [1.54, 1.807) is 0 Å². The second-order valence-corrected chi connectivity index (χ2v) is 14.9. The summed E-state index contributed by atoms with van der Waals surface area (Å²) in [6.07, 6.45) is 0. The number of fused-ring (bicyclic) bond motifs is 9. The van der Waals surface area contributed by atoms with Crippen LogP contribution in [0.2, 0.25) is 0 Å². The maximum absolute atomic E-state index is 6.29. The Kier molecular flexibility index (Phi) is 6.93. The van der Waals surface area contributed by atoms with Crippen LogP contribution in [0.4, 0.5) is 0 Å². The van der Waals surface area contributed by atoms with Crippen LogP contribution in [0.3, 0.4) is 0 Å². The Morgan fingerprint density at radius 2 is 0.860 bits per heavy atom. The highest BCUT2D eigenvalue weighted by Crippen LogP contribution is 2.44. The van der Waals surface area contributed by atoms with Gasteiger partial charge in [0.1, 0.15) is 11.2 Å². The lowest BCUT2D eigenvalue weighted by atomic mass is 9.93. The van der Waals surface area contributed by atoms with Gasteiger partial charge in [0.05, 0.1) is 22.1 Å². The molecule has 266 valence electrons. The number of benzene rings is 9. The molecule has 3 nitrogen and oxygen atoms in total. The number of aromatic nitrogens is 2. The van der Waals surface area contributed by atoms with Crippen LogP contribution in [0, 0.1) is 0 Å². The largest absolute Gasteiger partial charge is 0.456 e. The molecule has 0 radical (unpaired) electrons. The molecule has 0 unspecified atom stereocenters. The zero-order valence-corrected chi connectivity index (χ0v) is 30.9. The van der Waals surface area contributed by atoms with Crippen molar-refractivity contribution in [2.75, 3.05) is 0 Å². The molecular formula is C54H34N2O. The van der Waals surface area contributed by atoms with E-state index in [0.29, 0.717) is 0 Å². The standard InChI is InChI=1S/C54H34N2O/c1-4-14-35(15-5-1)39-32-44(36-16-6-2-7-17-36)54-47-31-38(37-24-27-49-45(30-37)42-20-10-12-22-48(42)55(49)40-18-8-3-9-19-40)25-28-50(47)56(51(54)33-39)41-26-29-53-46(34-41)43-21-11-13-23-52(43)57-53/h1-34H. The second-order valence-electron chi connectivity index (χ2n) is 14.9. The van der Waals surface area contributed by atoms with Gasteiger partial charge in [-0.15, -0.1) is 0 Å². The van der Waals surface area contributed by atoms with Crippen molar-refractivity contribution in [3.05, 3.63) is 206 Å². The first-order valence-electron chi connectivity index (χ1n) is 19.5. The fourth-order valence-electron chi connectivity index (χ4n) is 9.11. The van der Waals surface area contributed by atoms with Crippen LogP contribution in [0.1, 0.15) is 0 Å². The van der Waals surface area contributed by atoms with E-state index in [2.05, 4.69) is 203 Å². The van der Waals surface area contributed by atoms with Gasteiger partial charge in [-0.3, -0.25) is 0 Å². The molecule has 0 aliphatic carbocycles. The highest BCUT2D eigenvalue weighted by Gasteiger charge is 2.21. The van der Waals surface area contributed by atoms with Crippen molar-refractivity contribution in [3.63, 3.8) is 0 Å². The lowest BCUT2D eigenvalue weighted by Crippen LogP contribution is -1.94. The predicted octanol–water partition coefficient (Wildman–Crippen LogP) is 14.8. The lowest BCUT2D eigenvalue weighted by Gasteiger charge is -2.12. The number of furan rings is 1. The van der Waals surface area contributed by atoms with Crippen LogP contribution in [-0.2, 0) is 0 Å². The highest BCUT2D eigenvalue weighted by atomic mass is 16.3. The lowest BCUT2D eigenvalue weighted by molar-refractivity contribution is 0.669. The van der Waals surface area contributed by atoms with E-state index in [4.69, 9.17) is 4.42 Å². The van der Waals surface area contributed by atoms with Crippen molar-refractivity contribution in [1.82, 2.24) is 9.13 Å². The monoisotopic (exact) mass is 726 g/mol. The van der Waals surface area contributed by atoms with Gasteiger partial charge < -0.3 is 13.6 Å². The summed E-state index contributed by atoms with van der Waals surface area (Å²) >= 11 is 0. The van der Waals surface area contributed by atoms with Crippen LogP contribution in [0.25, 0.3) is 110 Å². The molecule has 3 heteroatoms. The molecule has 0 N–H and O–H groups in total. The number of rotatable bonds is 5. The fourth-order valence-corrected chi connectivity index (χ4v) is 9.11. The fraction of sp³-hybridized carbons (Fsp3) is 0. The predicted molar refractivity (Wildman–Crippen MR) is 239 cm³/mol. The van der Waals surface area contributed by atoms with Crippen molar-refractivity contribution in [3.8, 4) is 44.8 Å². The molecule has 3 aromatic heterocycles. The average Bonchev–Trinajstić information content (AvgIpc) is 3.94. The third-order valence-corrected chi connectivity index (χ3v) is 11.7. The highest BCUT2D eigenvalue weighted by molar-refractivity contribution is 6.18. The van der Waals surface area contributed by atoms with Gasteiger partial charge in [0.25, 0.3) is 0 Å². The van der Waals surface area contributed by atoms with Gasteiger partial charge in [-0.25, -0.2) is 0 Å². The maximum Gasteiger partial charge on any atom is 0.135 e. The summed E-state index contributed by atoms with van der Waals surface area (Å²) in [6.45, 7) is 0. The minimum Gasteiger partial charge on any atom is -0.456 e. The Morgan fingerprint density at radius 3 is 1.63 bits per heavy atom. The summed E-state index contributed by atoms with van der Waals surface area (Å²) in [5, 5.41) is 7.17. The molecule has 0 spiro atoms. The van der Waals surface area contributed by atoms with Gasteiger partial charge in [-0.1, -0.05) is 127 Å².